The van der Waals surface area contributed by atoms with Crippen molar-refractivity contribution < 1.29 is 9.59 Å². The molecule has 0 heterocycles. The zero-order valence-electron chi connectivity index (χ0n) is 15.4. The minimum Gasteiger partial charge on any atom is -0.366 e. The predicted octanol–water partition coefficient (Wildman–Crippen LogP) is 2.12. The van der Waals surface area contributed by atoms with Gasteiger partial charge in [0.2, 0.25) is 11.8 Å². The van der Waals surface area contributed by atoms with Crippen molar-refractivity contribution in [3.8, 4) is 0 Å². The summed E-state index contributed by atoms with van der Waals surface area (Å²) in [5.74, 6) is -1.18. The van der Waals surface area contributed by atoms with Gasteiger partial charge in [0.25, 0.3) is 0 Å². The third kappa shape index (κ3) is 4.91. The summed E-state index contributed by atoms with van der Waals surface area (Å²) in [5.41, 5.74) is 14.3. The van der Waals surface area contributed by atoms with E-state index in [9.17, 15) is 9.59 Å². The Bertz CT molecular complexity index is 775. The van der Waals surface area contributed by atoms with Crippen LogP contribution in [0.2, 0.25) is 0 Å². The Morgan fingerprint density at radius 3 is 2.35 bits per heavy atom. The van der Waals surface area contributed by atoms with Gasteiger partial charge in [0.05, 0.1) is 5.92 Å². The van der Waals surface area contributed by atoms with Crippen molar-refractivity contribution in [2.24, 2.45) is 17.4 Å². The molecule has 0 spiro atoms. The van der Waals surface area contributed by atoms with Crippen LogP contribution in [-0.4, -0.2) is 30.8 Å². The Labute approximate surface area is 154 Å². The highest BCUT2D eigenvalue weighted by Gasteiger charge is 2.23. The average Bonchev–Trinajstić information content (AvgIpc) is 2.62. The number of amides is 2. The van der Waals surface area contributed by atoms with Crippen LogP contribution in [0.1, 0.15) is 34.5 Å². The number of nitrogens with one attached hydrogen (secondary N) is 1. The van der Waals surface area contributed by atoms with Crippen molar-refractivity contribution in [3.63, 3.8) is 0 Å². The van der Waals surface area contributed by atoms with Crippen molar-refractivity contribution in [1.29, 1.82) is 0 Å². The molecule has 2 rings (SSSR count). The van der Waals surface area contributed by atoms with E-state index in [4.69, 9.17) is 11.5 Å². The smallest absolute Gasteiger partial charge is 0.248 e. The van der Waals surface area contributed by atoms with Crippen LogP contribution in [0.25, 0.3) is 0 Å². The quantitative estimate of drug-likeness (QED) is 0.709. The van der Waals surface area contributed by atoms with Gasteiger partial charge in [-0.1, -0.05) is 43.3 Å². The zero-order valence-corrected chi connectivity index (χ0v) is 15.4. The number of nitrogens with zero attached hydrogens (tertiary/aromatic N) is 1. The molecule has 2 unspecified atom stereocenters. The van der Waals surface area contributed by atoms with Crippen LogP contribution in [0.15, 0.2) is 48.5 Å². The Kier molecular flexibility index (Phi) is 6.49. The maximum absolute atomic E-state index is 12.7. The van der Waals surface area contributed by atoms with Crippen LogP contribution >= 0.6 is 0 Å². The average molecular weight is 354 g/mol. The number of benzene rings is 2. The van der Waals surface area contributed by atoms with E-state index in [0.717, 1.165) is 11.1 Å². The van der Waals surface area contributed by atoms with E-state index in [2.05, 4.69) is 5.32 Å². The number of rotatable bonds is 7. The van der Waals surface area contributed by atoms with Crippen molar-refractivity contribution >= 4 is 17.5 Å². The minimum atomic E-state index is -0.536. The third-order valence-corrected chi connectivity index (χ3v) is 4.28. The molecule has 138 valence electrons. The number of carbonyl (C=O) groups excluding carboxylic acids is 2. The number of primary amides is 1. The summed E-state index contributed by atoms with van der Waals surface area (Å²) in [5, 5.41) is 2.91. The molecular weight excluding hydrogens is 328 g/mol. The Morgan fingerprint density at radius 1 is 1.12 bits per heavy atom. The Hall–Kier alpha value is -2.70. The van der Waals surface area contributed by atoms with Crippen LogP contribution in [0.5, 0.6) is 0 Å². The summed E-state index contributed by atoms with van der Waals surface area (Å²) >= 11 is 0. The molecule has 0 bridgehead atoms. The SMILES string of the molecule is CC(C(=O)Nc1cc(C(N)=O)ccc1CN(C)C)C(N)c1ccccc1. The van der Waals surface area contributed by atoms with Crippen molar-refractivity contribution in [3.05, 3.63) is 65.2 Å². The van der Waals surface area contributed by atoms with Crippen molar-refractivity contribution in [1.82, 2.24) is 4.90 Å². The van der Waals surface area contributed by atoms with E-state index < -0.39 is 17.9 Å². The first-order valence-electron chi connectivity index (χ1n) is 8.48. The van der Waals surface area contributed by atoms with Gasteiger partial charge in [-0.25, -0.2) is 0 Å². The first-order chi connectivity index (χ1) is 12.3. The van der Waals surface area contributed by atoms with Crippen molar-refractivity contribution in [2.45, 2.75) is 19.5 Å². The second-order valence-electron chi connectivity index (χ2n) is 6.69. The van der Waals surface area contributed by atoms with Crippen LogP contribution in [0.3, 0.4) is 0 Å². The van der Waals surface area contributed by atoms with Crippen LogP contribution in [0.4, 0.5) is 5.69 Å². The summed E-state index contributed by atoms with van der Waals surface area (Å²) in [6.07, 6.45) is 0. The Morgan fingerprint density at radius 2 is 1.77 bits per heavy atom. The van der Waals surface area contributed by atoms with Gasteiger partial charge in [0, 0.05) is 23.8 Å². The molecule has 0 saturated carbocycles. The van der Waals surface area contributed by atoms with E-state index in [1.54, 1.807) is 25.1 Å². The number of anilines is 1. The van der Waals surface area contributed by atoms with E-state index in [-0.39, 0.29) is 5.91 Å². The van der Waals surface area contributed by atoms with Gasteiger partial charge < -0.3 is 21.7 Å². The second kappa shape index (κ2) is 8.60. The first kappa shape index (κ1) is 19.6. The monoisotopic (exact) mass is 354 g/mol. The molecule has 0 saturated heterocycles. The number of nitrogens with two attached hydrogens (primary N) is 2. The maximum Gasteiger partial charge on any atom is 0.248 e. The minimum absolute atomic E-state index is 0.206. The first-order valence-corrected chi connectivity index (χ1v) is 8.48. The molecule has 2 atom stereocenters. The molecule has 0 aliphatic carbocycles. The number of hydrogen-bond donors (Lipinski definition) is 3. The summed E-state index contributed by atoms with van der Waals surface area (Å²) in [7, 11) is 3.86. The zero-order chi connectivity index (χ0) is 19.3. The Balaban J connectivity index is 2.23. The molecule has 2 amide bonds. The lowest BCUT2D eigenvalue weighted by Gasteiger charge is -2.21. The number of carbonyl (C=O) groups is 2. The van der Waals surface area contributed by atoms with Gasteiger partial charge in [-0.3, -0.25) is 9.59 Å². The standard InChI is InChI=1S/C20H26N4O2/c1-13(18(21)14-7-5-4-6-8-14)20(26)23-17-11-15(19(22)25)9-10-16(17)12-24(2)3/h4-11,13,18H,12,21H2,1-3H3,(H2,22,25)(H,23,26). The lowest BCUT2D eigenvalue weighted by atomic mass is 9.94. The number of hydrogen-bond acceptors (Lipinski definition) is 4. The second-order valence-corrected chi connectivity index (χ2v) is 6.69. The molecule has 2 aromatic rings. The molecule has 26 heavy (non-hydrogen) atoms. The topological polar surface area (TPSA) is 101 Å². The normalized spacial score (nSPS) is 13.3. The summed E-state index contributed by atoms with van der Waals surface area (Å²) in [6, 6.07) is 14.2. The summed E-state index contributed by atoms with van der Waals surface area (Å²) < 4.78 is 0. The fraction of sp³-hybridized carbons (Fsp3) is 0.300. The van der Waals surface area contributed by atoms with Gasteiger partial charge in [-0.05, 0) is 37.4 Å². The molecule has 0 fully saturated rings. The van der Waals surface area contributed by atoms with Gasteiger partial charge in [-0.15, -0.1) is 0 Å². The van der Waals surface area contributed by atoms with E-state index in [0.29, 0.717) is 17.8 Å². The lowest BCUT2D eigenvalue weighted by Crippen LogP contribution is -2.31. The molecule has 6 nitrogen and oxygen atoms in total. The summed E-state index contributed by atoms with van der Waals surface area (Å²) in [4.78, 5) is 26.2. The molecule has 5 N–H and O–H groups in total. The highest BCUT2D eigenvalue weighted by Crippen LogP contribution is 2.24. The van der Waals surface area contributed by atoms with Crippen molar-refractivity contribution in [2.75, 3.05) is 19.4 Å². The highest BCUT2D eigenvalue weighted by atomic mass is 16.2. The highest BCUT2D eigenvalue weighted by molar-refractivity contribution is 5.97. The fourth-order valence-electron chi connectivity index (χ4n) is 2.70. The molecule has 0 aromatic heterocycles. The molecular formula is C20H26N4O2. The molecule has 0 radical (unpaired) electrons. The molecule has 2 aromatic carbocycles. The van der Waals surface area contributed by atoms with Crippen LogP contribution in [-0.2, 0) is 11.3 Å². The lowest BCUT2D eigenvalue weighted by molar-refractivity contribution is -0.120. The third-order valence-electron chi connectivity index (χ3n) is 4.28. The van der Waals surface area contributed by atoms with Gasteiger partial charge in [0.1, 0.15) is 0 Å². The van der Waals surface area contributed by atoms with E-state index in [1.807, 2.05) is 49.3 Å². The molecule has 6 heteroatoms. The maximum atomic E-state index is 12.7. The van der Waals surface area contributed by atoms with Gasteiger partial charge in [0.15, 0.2) is 0 Å². The largest absolute Gasteiger partial charge is 0.366 e. The van der Waals surface area contributed by atoms with E-state index >= 15 is 0 Å². The molecule has 0 aliphatic rings. The van der Waals surface area contributed by atoms with Crippen LogP contribution < -0.4 is 16.8 Å². The molecule has 0 aliphatic heterocycles. The summed E-state index contributed by atoms with van der Waals surface area (Å²) in [6.45, 7) is 2.41. The van der Waals surface area contributed by atoms with E-state index in [1.165, 1.54) is 0 Å². The fourth-order valence-corrected chi connectivity index (χ4v) is 2.70. The van der Waals surface area contributed by atoms with Crippen LogP contribution in [0, 0.1) is 5.92 Å². The van der Waals surface area contributed by atoms with Gasteiger partial charge >= 0.3 is 0 Å². The predicted molar refractivity (Wildman–Crippen MR) is 104 cm³/mol. The van der Waals surface area contributed by atoms with Gasteiger partial charge in [-0.2, -0.15) is 0 Å².